The molecule has 1 saturated heterocycles. The summed E-state index contributed by atoms with van der Waals surface area (Å²) in [5.41, 5.74) is 1.46. The van der Waals surface area contributed by atoms with E-state index in [0.717, 1.165) is 11.1 Å². The molecule has 0 bridgehead atoms. The van der Waals surface area contributed by atoms with Crippen LogP contribution in [0.3, 0.4) is 0 Å². The van der Waals surface area contributed by atoms with Gasteiger partial charge in [-0.15, -0.1) is 0 Å². The number of ether oxygens (including phenoxy) is 1. The van der Waals surface area contributed by atoms with Crippen molar-refractivity contribution in [2.45, 2.75) is 13.0 Å². The highest BCUT2D eigenvalue weighted by atomic mass is 19.1. The second-order valence-electron chi connectivity index (χ2n) is 5.38. The van der Waals surface area contributed by atoms with Gasteiger partial charge >= 0.3 is 6.09 Å². The molecule has 1 amide bonds. The molecule has 5 nitrogen and oxygen atoms in total. The van der Waals surface area contributed by atoms with E-state index in [1.54, 1.807) is 17.9 Å². The summed E-state index contributed by atoms with van der Waals surface area (Å²) >= 11 is 0. The molecule has 1 aliphatic heterocycles. The zero-order valence-electron chi connectivity index (χ0n) is 12.4. The predicted molar refractivity (Wildman–Crippen MR) is 76.5 cm³/mol. The Hall–Kier alpha value is -1.66. The third-order valence-electron chi connectivity index (χ3n) is 3.67. The number of aliphatic hydroxyl groups is 1. The molecule has 1 fully saturated rings. The molecule has 1 unspecified atom stereocenters. The van der Waals surface area contributed by atoms with E-state index in [1.165, 1.54) is 12.1 Å². The van der Waals surface area contributed by atoms with Crippen LogP contribution in [0.15, 0.2) is 18.2 Å². The molecule has 6 heteroatoms. The Bertz CT molecular complexity index is 510. The lowest BCUT2D eigenvalue weighted by Crippen LogP contribution is -2.35. The third-order valence-corrected chi connectivity index (χ3v) is 3.67. The van der Waals surface area contributed by atoms with Gasteiger partial charge in [-0.1, -0.05) is 6.07 Å². The van der Waals surface area contributed by atoms with E-state index in [1.807, 2.05) is 11.9 Å². The topological polar surface area (TPSA) is 53.0 Å². The van der Waals surface area contributed by atoms with Gasteiger partial charge in [-0.2, -0.15) is 0 Å². The Kier molecular flexibility index (Phi) is 5.14. The van der Waals surface area contributed by atoms with Crippen LogP contribution in [0.4, 0.5) is 9.18 Å². The van der Waals surface area contributed by atoms with Crippen LogP contribution in [-0.4, -0.2) is 60.8 Å². The van der Waals surface area contributed by atoms with E-state index in [0.29, 0.717) is 32.8 Å². The number of aliphatic hydroxyl groups excluding tert-OH is 1. The van der Waals surface area contributed by atoms with Crippen molar-refractivity contribution in [1.82, 2.24) is 9.80 Å². The van der Waals surface area contributed by atoms with Crippen molar-refractivity contribution in [2.24, 2.45) is 0 Å². The molecule has 1 atom stereocenters. The number of hydrogen-bond acceptors (Lipinski definition) is 4. The summed E-state index contributed by atoms with van der Waals surface area (Å²) in [5, 5.41) is 10.2. The first kappa shape index (κ1) is 15.7. The molecule has 116 valence electrons. The first-order valence-electron chi connectivity index (χ1n) is 7.01. The smallest absolute Gasteiger partial charge is 0.409 e. The molecular weight excluding hydrogens is 275 g/mol. The molecule has 0 saturated carbocycles. The van der Waals surface area contributed by atoms with Crippen molar-refractivity contribution in [3.05, 3.63) is 35.1 Å². The Morgan fingerprint density at radius 1 is 1.52 bits per heavy atom. The largest absolute Gasteiger partial charge is 0.448 e. The normalized spacial score (nSPS) is 16.4. The number of likely N-dealkylation sites (N-methyl/N-ethyl adjacent to an activating group) is 1. The number of cyclic esters (lactones) is 1. The van der Waals surface area contributed by atoms with Gasteiger partial charge in [0.1, 0.15) is 12.4 Å². The van der Waals surface area contributed by atoms with E-state index >= 15 is 0 Å². The molecule has 1 aromatic carbocycles. The van der Waals surface area contributed by atoms with Crippen LogP contribution in [0.5, 0.6) is 0 Å². The molecule has 21 heavy (non-hydrogen) atoms. The van der Waals surface area contributed by atoms with Crippen LogP contribution in [0.2, 0.25) is 0 Å². The van der Waals surface area contributed by atoms with E-state index in [-0.39, 0.29) is 11.9 Å². The second-order valence-corrected chi connectivity index (χ2v) is 5.38. The van der Waals surface area contributed by atoms with Gasteiger partial charge in [0.2, 0.25) is 0 Å². The van der Waals surface area contributed by atoms with Gasteiger partial charge in [0.05, 0.1) is 12.6 Å². The highest BCUT2D eigenvalue weighted by molar-refractivity contribution is 5.69. The highest BCUT2D eigenvalue weighted by Gasteiger charge is 2.22. The monoisotopic (exact) mass is 296 g/mol. The lowest BCUT2D eigenvalue weighted by molar-refractivity contribution is 0.119. The quantitative estimate of drug-likeness (QED) is 0.865. The average Bonchev–Trinajstić information content (AvgIpc) is 2.81. The summed E-state index contributed by atoms with van der Waals surface area (Å²) in [7, 11) is 1.88. The fraction of sp³-hybridized carbons (Fsp3) is 0.533. The highest BCUT2D eigenvalue weighted by Crippen LogP contribution is 2.19. The first-order chi connectivity index (χ1) is 9.97. The van der Waals surface area contributed by atoms with E-state index < -0.39 is 6.10 Å². The lowest BCUT2D eigenvalue weighted by Gasteiger charge is -2.23. The number of aryl methyl sites for hydroxylation is 1. The summed E-state index contributed by atoms with van der Waals surface area (Å²) in [6.45, 7) is 4.49. The van der Waals surface area contributed by atoms with Crippen molar-refractivity contribution in [3.8, 4) is 0 Å². The Morgan fingerprint density at radius 3 is 2.90 bits per heavy atom. The Morgan fingerprint density at radius 2 is 2.29 bits per heavy atom. The van der Waals surface area contributed by atoms with Crippen molar-refractivity contribution in [1.29, 1.82) is 0 Å². The molecule has 1 aliphatic rings. The summed E-state index contributed by atoms with van der Waals surface area (Å²) in [6, 6.07) is 4.38. The number of benzene rings is 1. The van der Waals surface area contributed by atoms with Crippen LogP contribution in [0.25, 0.3) is 0 Å². The van der Waals surface area contributed by atoms with Crippen LogP contribution in [0.1, 0.15) is 17.2 Å². The van der Waals surface area contributed by atoms with E-state index in [4.69, 9.17) is 4.74 Å². The minimum atomic E-state index is -0.680. The maximum atomic E-state index is 13.1. The van der Waals surface area contributed by atoms with Crippen LogP contribution >= 0.6 is 0 Å². The second kappa shape index (κ2) is 6.87. The molecule has 1 aromatic rings. The van der Waals surface area contributed by atoms with Gasteiger partial charge in [0.25, 0.3) is 0 Å². The van der Waals surface area contributed by atoms with Crippen LogP contribution in [-0.2, 0) is 4.74 Å². The number of hydrogen-bond donors (Lipinski definition) is 1. The fourth-order valence-electron chi connectivity index (χ4n) is 2.42. The first-order valence-corrected chi connectivity index (χ1v) is 7.01. The summed E-state index contributed by atoms with van der Waals surface area (Å²) < 4.78 is 17.9. The van der Waals surface area contributed by atoms with Gasteiger partial charge < -0.3 is 19.6 Å². The fourth-order valence-corrected chi connectivity index (χ4v) is 2.42. The molecule has 0 aliphatic carbocycles. The average molecular weight is 296 g/mol. The summed E-state index contributed by atoms with van der Waals surface area (Å²) in [5.74, 6) is -0.302. The molecular formula is C15H21FN2O3. The number of carbonyl (C=O) groups excluding carboxylic acids is 1. The third kappa shape index (κ3) is 4.15. The van der Waals surface area contributed by atoms with Gasteiger partial charge in [0.15, 0.2) is 0 Å². The van der Waals surface area contributed by atoms with Crippen molar-refractivity contribution in [3.63, 3.8) is 0 Å². The number of halogens is 1. The van der Waals surface area contributed by atoms with E-state index in [9.17, 15) is 14.3 Å². The minimum absolute atomic E-state index is 0.279. The Labute approximate surface area is 123 Å². The zero-order valence-corrected chi connectivity index (χ0v) is 12.4. The summed E-state index contributed by atoms with van der Waals surface area (Å²) in [6.07, 6.45) is -0.959. The Balaban J connectivity index is 1.84. The van der Waals surface area contributed by atoms with Gasteiger partial charge in [-0.3, -0.25) is 0 Å². The van der Waals surface area contributed by atoms with Gasteiger partial charge in [-0.05, 0) is 37.2 Å². The molecule has 0 radical (unpaired) electrons. The van der Waals surface area contributed by atoms with Gasteiger partial charge in [0, 0.05) is 19.6 Å². The predicted octanol–water partition coefficient (Wildman–Crippen LogP) is 1.55. The summed E-state index contributed by atoms with van der Waals surface area (Å²) in [4.78, 5) is 14.9. The molecule has 0 spiro atoms. The van der Waals surface area contributed by atoms with Crippen LogP contribution in [0, 0.1) is 12.7 Å². The van der Waals surface area contributed by atoms with Crippen molar-refractivity contribution >= 4 is 6.09 Å². The van der Waals surface area contributed by atoms with Crippen molar-refractivity contribution in [2.75, 3.05) is 39.8 Å². The van der Waals surface area contributed by atoms with E-state index in [2.05, 4.69) is 0 Å². The maximum Gasteiger partial charge on any atom is 0.409 e. The standard InChI is InChI=1S/C15H21FN2O3/c1-11-9-12(16)3-4-13(11)14(19)10-17(2)5-6-18-7-8-21-15(18)20/h3-4,9,14,19H,5-8,10H2,1-2H3. The zero-order chi connectivity index (χ0) is 15.4. The SMILES string of the molecule is Cc1cc(F)ccc1C(O)CN(C)CCN1CCOC1=O. The number of rotatable bonds is 6. The number of amides is 1. The van der Waals surface area contributed by atoms with Crippen LogP contribution < -0.4 is 0 Å². The molecule has 1 heterocycles. The number of nitrogens with zero attached hydrogens (tertiary/aromatic N) is 2. The molecule has 1 N–H and O–H groups in total. The minimum Gasteiger partial charge on any atom is -0.448 e. The van der Waals surface area contributed by atoms with Gasteiger partial charge in [-0.25, -0.2) is 9.18 Å². The molecule has 2 rings (SSSR count). The maximum absolute atomic E-state index is 13.1. The van der Waals surface area contributed by atoms with Crippen molar-refractivity contribution < 1.29 is 19.0 Å². The molecule has 0 aromatic heterocycles. The number of carbonyl (C=O) groups is 1. The lowest BCUT2D eigenvalue weighted by atomic mass is 10.0.